The van der Waals surface area contributed by atoms with Crippen molar-refractivity contribution >= 4 is 11.3 Å². The molecular weight excluding hydrogens is 268 g/mol. The number of rotatable bonds is 5. The first-order valence-corrected chi connectivity index (χ1v) is 7.93. The van der Waals surface area contributed by atoms with Crippen LogP contribution in [-0.2, 0) is 20.0 Å². The lowest BCUT2D eigenvalue weighted by Gasteiger charge is -2.20. The van der Waals surface area contributed by atoms with Crippen molar-refractivity contribution in [1.82, 2.24) is 19.9 Å². The first-order chi connectivity index (χ1) is 9.40. The summed E-state index contributed by atoms with van der Waals surface area (Å²) in [5.41, 5.74) is 1.34. The van der Waals surface area contributed by atoms with E-state index in [-0.39, 0.29) is 5.54 Å². The summed E-state index contributed by atoms with van der Waals surface area (Å²) >= 11 is 1.76. The number of thiazole rings is 1. The third-order valence-electron chi connectivity index (χ3n) is 3.06. The molecule has 20 heavy (non-hydrogen) atoms. The Balaban J connectivity index is 2.26. The van der Waals surface area contributed by atoms with E-state index in [1.165, 1.54) is 10.6 Å². The van der Waals surface area contributed by atoms with Crippen LogP contribution >= 0.6 is 11.3 Å². The molecule has 0 saturated heterocycles. The average molecular weight is 292 g/mol. The summed E-state index contributed by atoms with van der Waals surface area (Å²) in [7, 11) is 2.01. The Morgan fingerprint density at radius 3 is 2.65 bits per heavy atom. The summed E-state index contributed by atoms with van der Waals surface area (Å²) in [5, 5.41) is 4.57. The zero-order chi connectivity index (χ0) is 14.8. The molecule has 0 amide bonds. The van der Waals surface area contributed by atoms with Crippen LogP contribution in [0.5, 0.6) is 0 Å². The highest BCUT2D eigenvalue weighted by molar-refractivity contribution is 7.15. The normalized spacial score (nSPS) is 12.1. The Kier molecular flexibility index (Phi) is 4.60. The van der Waals surface area contributed by atoms with Crippen LogP contribution in [0, 0.1) is 0 Å². The van der Waals surface area contributed by atoms with Crippen molar-refractivity contribution in [2.75, 3.05) is 0 Å². The van der Waals surface area contributed by atoms with Gasteiger partial charge in [0.1, 0.15) is 0 Å². The van der Waals surface area contributed by atoms with Gasteiger partial charge in [0.05, 0.1) is 5.69 Å². The maximum Gasteiger partial charge on any atom is 0.168 e. The van der Waals surface area contributed by atoms with Gasteiger partial charge in [0.15, 0.2) is 10.8 Å². The number of aryl methyl sites for hydroxylation is 2. The Morgan fingerprint density at radius 2 is 2.10 bits per heavy atom. The highest BCUT2D eigenvalue weighted by atomic mass is 32.1. The largest absolute Gasteiger partial charge is 0.332 e. The number of aromatic nitrogens is 3. The van der Waals surface area contributed by atoms with Gasteiger partial charge >= 0.3 is 0 Å². The van der Waals surface area contributed by atoms with Crippen LogP contribution in [0.15, 0.2) is 12.4 Å². The monoisotopic (exact) mass is 292 g/mol. The average Bonchev–Trinajstić information content (AvgIpc) is 2.92. The highest BCUT2D eigenvalue weighted by Gasteiger charge is 2.16. The van der Waals surface area contributed by atoms with E-state index in [1.54, 1.807) is 11.3 Å². The molecule has 5 heteroatoms. The molecule has 0 radical (unpaired) electrons. The van der Waals surface area contributed by atoms with Crippen LogP contribution in [0.3, 0.4) is 0 Å². The number of hydrogen-bond acceptors (Lipinski definition) is 4. The van der Waals surface area contributed by atoms with E-state index >= 15 is 0 Å². The van der Waals surface area contributed by atoms with Crippen molar-refractivity contribution in [3.8, 4) is 10.8 Å². The lowest BCUT2D eigenvalue weighted by molar-refractivity contribution is 0.425. The van der Waals surface area contributed by atoms with Crippen molar-refractivity contribution in [3.63, 3.8) is 0 Å². The van der Waals surface area contributed by atoms with E-state index in [2.05, 4.69) is 38.0 Å². The molecule has 0 fully saturated rings. The van der Waals surface area contributed by atoms with Gasteiger partial charge in [-0.2, -0.15) is 0 Å². The second-order valence-corrected chi connectivity index (χ2v) is 7.19. The third kappa shape index (κ3) is 3.67. The zero-order valence-corrected chi connectivity index (χ0v) is 13.8. The molecule has 0 bridgehead atoms. The van der Waals surface area contributed by atoms with Gasteiger partial charge in [-0.25, -0.2) is 9.97 Å². The fourth-order valence-electron chi connectivity index (χ4n) is 1.97. The van der Waals surface area contributed by atoms with Gasteiger partial charge in [-0.15, -0.1) is 11.3 Å². The van der Waals surface area contributed by atoms with Gasteiger partial charge in [-0.3, -0.25) is 0 Å². The molecule has 0 aliphatic rings. The molecule has 2 heterocycles. The molecule has 2 aromatic heterocycles. The van der Waals surface area contributed by atoms with Gasteiger partial charge < -0.3 is 9.88 Å². The standard InChI is InChI=1S/C15H24N4S/c1-6-7-11-12(10-17-15(2,3)4)20-14(18-11)13-16-8-9-19(13)5/h8-9,17H,6-7,10H2,1-5H3. The molecular formula is C15H24N4S. The van der Waals surface area contributed by atoms with E-state index in [1.807, 2.05) is 24.0 Å². The summed E-state index contributed by atoms with van der Waals surface area (Å²) in [6.45, 7) is 9.63. The second kappa shape index (κ2) is 6.06. The molecule has 2 aromatic rings. The Labute approximate surface area is 125 Å². The summed E-state index contributed by atoms with van der Waals surface area (Å²) in [6.07, 6.45) is 5.93. The lowest BCUT2D eigenvalue weighted by Crippen LogP contribution is -2.35. The van der Waals surface area contributed by atoms with Gasteiger partial charge in [-0.1, -0.05) is 13.3 Å². The molecule has 0 saturated carbocycles. The second-order valence-electron chi connectivity index (χ2n) is 6.10. The van der Waals surface area contributed by atoms with Crippen LogP contribution in [-0.4, -0.2) is 20.1 Å². The lowest BCUT2D eigenvalue weighted by atomic mass is 10.1. The van der Waals surface area contributed by atoms with Gasteiger partial charge in [-0.05, 0) is 27.2 Å². The molecule has 0 unspecified atom stereocenters. The van der Waals surface area contributed by atoms with E-state index in [9.17, 15) is 0 Å². The van der Waals surface area contributed by atoms with Crippen LogP contribution in [0.4, 0.5) is 0 Å². The molecule has 2 rings (SSSR count). The highest BCUT2D eigenvalue weighted by Crippen LogP contribution is 2.28. The smallest absolute Gasteiger partial charge is 0.168 e. The molecule has 0 atom stereocenters. The van der Waals surface area contributed by atoms with E-state index in [0.29, 0.717) is 0 Å². The summed E-state index contributed by atoms with van der Waals surface area (Å²) in [6, 6.07) is 0. The molecule has 0 aliphatic heterocycles. The first-order valence-electron chi connectivity index (χ1n) is 7.12. The van der Waals surface area contributed by atoms with Crippen molar-refractivity contribution in [3.05, 3.63) is 23.0 Å². The minimum Gasteiger partial charge on any atom is -0.332 e. The van der Waals surface area contributed by atoms with Crippen molar-refractivity contribution in [2.45, 2.75) is 52.6 Å². The molecule has 110 valence electrons. The third-order valence-corrected chi connectivity index (χ3v) is 4.15. The van der Waals surface area contributed by atoms with Crippen LogP contribution < -0.4 is 5.32 Å². The molecule has 0 spiro atoms. The number of nitrogens with zero attached hydrogens (tertiary/aromatic N) is 3. The Hall–Kier alpha value is -1.20. The number of imidazole rings is 1. The van der Waals surface area contributed by atoms with Crippen LogP contribution in [0.2, 0.25) is 0 Å². The summed E-state index contributed by atoms with van der Waals surface area (Å²) in [5.74, 6) is 0.953. The quantitative estimate of drug-likeness (QED) is 0.918. The molecule has 1 N–H and O–H groups in total. The van der Waals surface area contributed by atoms with Crippen molar-refractivity contribution < 1.29 is 0 Å². The van der Waals surface area contributed by atoms with Crippen molar-refractivity contribution in [1.29, 1.82) is 0 Å². The minimum atomic E-state index is 0.122. The summed E-state index contributed by atoms with van der Waals surface area (Å²) in [4.78, 5) is 10.5. The van der Waals surface area contributed by atoms with Gasteiger partial charge in [0, 0.05) is 36.4 Å². The Morgan fingerprint density at radius 1 is 1.35 bits per heavy atom. The minimum absolute atomic E-state index is 0.122. The topological polar surface area (TPSA) is 42.7 Å². The van der Waals surface area contributed by atoms with E-state index < -0.39 is 0 Å². The van der Waals surface area contributed by atoms with E-state index in [0.717, 1.165) is 30.2 Å². The summed E-state index contributed by atoms with van der Waals surface area (Å²) < 4.78 is 2.02. The molecule has 4 nitrogen and oxygen atoms in total. The fraction of sp³-hybridized carbons (Fsp3) is 0.600. The van der Waals surface area contributed by atoms with Crippen LogP contribution in [0.1, 0.15) is 44.7 Å². The fourth-order valence-corrected chi connectivity index (χ4v) is 3.05. The Bertz CT molecular complexity index is 563. The number of hydrogen-bond donors (Lipinski definition) is 1. The molecule has 0 aromatic carbocycles. The maximum absolute atomic E-state index is 4.80. The van der Waals surface area contributed by atoms with Crippen molar-refractivity contribution in [2.24, 2.45) is 7.05 Å². The van der Waals surface area contributed by atoms with E-state index in [4.69, 9.17) is 4.98 Å². The first kappa shape index (κ1) is 15.2. The van der Waals surface area contributed by atoms with Crippen LogP contribution in [0.25, 0.3) is 10.8 Å². The SMILES string of the molecule is CCCc1nc(-c2nccn2C)sc1CNC(C)(C)C. The van der Waals surface area contributed by atoms with Gasteiger partial charge in [0.25, 0.3) is 0 Å². The van der Waals surface area contributed by atoms with Gasteiger partial charge in [0.2, 0.25) is 0 Å². The number of nitrogens with one attached hydrogen (secondary N) is 1. The predicted octanol–water partition coefficient (Wildman–Crippen LogP) is 3.38. The molecule has 0 aliphatic carbocycles. The zero-order valence-electron chi connectivity index (χ0n) is 13.0. The maximum atomic E-state index is 4.80. The predicted molar refractivity (Wildman–Crippen MR) is 84.9 cm³/mol.